The number of nitrogens with one attached hydrogen (secondary N) is 2. The number of hydrogen-bond donors (Lipinski definition) is 2. The molecule has 0 unspecified atom stereocenters. The van der Waals surface area contributed by atoms with Crippen molar-refractivity contribution in [2.24, 2.45) is 0 Å². The lowest BCUT2D eigenvalue weighted by atomic mass is 9.99. The van der Waals surface area contributed by atoms with Crippen LogP contribution in [0.3, 0.4) is 0 Å². The average molecular weight is 548 g/mol. The minimum Gasteiger partial charge on any atom is -0.497 e. The Labute approximate surface area is 238 Å². The molecule has 1 amide bonds. The Hall–Kier alpha value is -4.62. The van der Waals surface area contributed by atoms with Gasteiger partial charge in [0.2, 0.25) is 5.91 Å². The van der Waals surface area contributed by atoms with E-state index in [0.29, 0.717) is 27.6 Å². The van der Waals surface area contributed by atoms with Crippen LogP contribution in [0.2, 0.25) is 0 Å². The van der Waals surface area contributed by atoms with E-state index in [1.807, 2.05) is 36.4 Å². The fourth-order valence-corrected chi connectivity index (χ4v) is 5.70. The highest BCUT2D eigenvalue weighted by Crippen LogP contribution is 2.26. The SMILES string of the molecule is COc1ccc2c(c1)CCN(CCc1ccc(NC(=O)Cc3cccc4c(=O)c5cccc(OC)c5[nH]c34)cc1)C2. The van der Waals surface area contributed by atoms with Crippen molar-refractivity contribution in [3.63, 3.8) is 0 Å². The number of rotatable bonds is 8. The Morgan fingerprint density at radius 1 is 0.902 bits per heavy atom. The van der Waals surface area contributed by atoms with E-state index in [1.165, 1.54) is 16.7 Å². The molecule has 2 heterocycles. The van der Waals surface area contributed by atoms with Crippen molar-refractivity contribution in [1.29, 1.82) is 0 Å². The summed E-state index contributed by atoms with van der Waals surface area (Å²) in [7, 11) is 3.29. The van der Waals surface area contributed by atoms with Gasteiger partial charge in [-0.2, -0.15) is 0 Å². The van der Waals surface area contributed by atoms with E-state index < -0.39 is 0 Å². The summed E-state index contributed by atoms with van der Waals surface area (Å²) in [4.78, 5) is 32.0. The van der Waals surface area contributed by atoms with E-state index in [4.69, 9.17) is 9.47 Å². The van der Waals surface area contributed by atoms with E-state index in [2.05, 4.69) is 39.5 Å². The van der Waals surface area contributed by atoms with Crippen molar-refractivity contribution in [2.45, 2.75) is 25.8 Å². The Balaban J connectivity index is 1.09. The van der Waals surface area contributed by atoms with Crippen LogP contribution < -0.4 is 20.2 Å². The molecule has 0 bridgehead atoms. The third-order valence-corrected chi connectivity index (χ3v) is 7.95. The highest BCUT2D eigenvalue weighted by molar-refractivity contribution is 5.99. The molecule has 1 aliphatic heterocycles. The molecule has 7 heteroatoms. The Morgan fingerprint density at radius 2 is 1.68 bits per heavy atom. The zero-order chi connectivity index (χ0) is 28.3. The second-order valence-corrected chi connectivity index (χ2v) is 10.5. The Bertz CT molecular complexity index is 1790. The summed E-state index contributed by atoms with van der Waals surface area (Å²) in [6.45, 7) is 2.97. The monoisotopic (exact) mass is 547 g/mol. The predicted molar refractivity (Wildman–Crippen MR) is 163 cm³/mol. The Morgan fingerprint density at radius 3 is 2.46 bits per heavy atom. The summed E-state index contributed by atoms with van der Waals surface area (Å²) in [5.41, 5.74) is 6.68. The van der Waals surface area contributed by atoms with E-state index in [1.54, 1.807) is 32.4 Å². The molecule has 7 nitrogen and oxygen atoms in total. The molecule has 0 aliphatic carbocycles. The first-order valence-electron chi connectivity index (χ1n) is 13.9. The summed E-state index contributed by atoms with van der Waals surface area (Å²) < 4.78 is 10.8. The first kappa shape index (κ1) is 26.6. The maximum atomic E-state index is 13.2. The number of fused-ring (bicyclic) bond motifs is 3. The Kier molecular flexibility index (Phi) is 7.44. The van der Waals surface area contributed by atoms with Crippen LogP contribution in [-0.4, -0.2) is 43.1 Å². The molecule has 6 rings (SSSR count). The minimum absolute atomic E-state index is 0.0838. The third kappa shape index (κ3) is 5.54. The fraction of sp³-hybridized carbons (Fsp3) is 0.235. The number of pyridine rings is 1. The summed E-state index contributed by atoms with van der Waals surface area (Å²) in [5, 5.41) is 4.12. The van der Waals surface area contributed by atoms with Crippen molar-refractivity contribution < 1.29 is 14.3 Å². The van der Waals surface area contributed by atoms with Crippen LogP contribution in [0, 0.1) is 0 Å². The van der Waals surface area contributed by atoms with Crippen molar-refractivity contribution in [3.8, 4) is 11.5 Å². The standard InChI is InChI=1S/C34H33N3O4/c1-40-27-14-11-25-21-37(18-16-23(25)19-27)17-15-22-9-12-26(13-10-22)35-31(38)20-24-5-3-6-28-32(24)36-33-29(34(28)39)7-4-8-30(33)41-2/h3-14,19H,15-18,20-21H2,1-2H3,(H,35,38)(H,36,39). The normalized spacial score (nSPS) is 13.2. The van der Waals surface area contributed by atoms with Gasteiger partial charge in [-0.25, -0.2) is 0 Å². The lowest BCUT2D eigenvalue weighted by molar-refractivity contribution is -0.115. The van der Waals surface area contributed by atoms with Crippen LogP contribution >= 0.6 is 0 Å². The number of nitrogens with zero attached hydrogens (tertiary/aromatic N) is 1. The van der Waals surface area contributed by atoms with Gasteiger partial charge in [-0.3, -0.25) is 14.5 Å². The number of carbonyl (C=O) groups is 1. The summed E-state index contributed by atoms with van der Waals surface area (Å²) in [5.74, 6) is 1.37. The average Bonchev–Trinajstić information content (AvgIpc) is 3.00. The molecule has 4 aromatic carbocycles. The van der Waals surface area contributed by atoms with E-state index in [-0.39, 0.29) is 17.8 Å². The lowest BCUT2D eigenvalue weighted by Crippen LogP contribution is -2.32. The van der Waals surface area contributed by atoms with Crippen LogP contribution in [-0.2, 0) is 30.6 Å². The molecule has 0 atom stereocenters. The zero-order valence-electron chi connectivity index (χ0n) is 23.3. The van der Waals surface area contributed by atoms with Gasteiger partial charge in [0.15, 0.2) is 5.43 Å². The molecule has 5 aromatic rings. The summed E-state index contributed by atoms with van der Waals surface area (Å²) in [6, 6.07) is 25.3. The van der Waals surface area contributed by atoms with Crippen LogP contribution in [0.4, 0.5) is 5.69 Å². The highest BCUT2D eigenvalue weighted by Gasteiger charge is 2.17. The predicted octanol–water partition coefficient (Wildman–Crippen LogP) is 5.48. The highest BCUT2D eigenvalue weighted by atomic mass is 16.5. The van der Waals surface area contributed by atoms with E-state index in [0.717, 1.165) is 49.5 Å². The van der Waals surface area contributed by atoms with Gasteiger partial charge < -0.3 is 19.8 Å². The van der Waals surface area contributed by atoms with Gasteiger partial charge >= 0.3 is 0 Å². The molecule has 2 N–H and O–H groups in total. The van der Waals surface area contributed by atoms with Gasteiger partial charge in [-0.15, -0.1) is 0 Å². The molecular weight excluding hydrogens is 514 g/mol. The first-order chi connectivity index (χ1) is 20.0. The van der Waals surface area contributed by atoms with Crippen LogP contribution in [0.1, 0.15) is 22.3 Å². The van der Waals surface area contributed by atoms with Gasteiger partial charge in [0, 0.05) is 36.1 Å². The largest absolute Gasteiger partial charge is 0.497 e. The lowest BCUT2D eigenvalue weighted by Gasteiger charge is -2.29. The van der Waals surface area contributed by atoms with Crippen molar-refractivity contribution in [2.75, 3.05) is 32.6 Å². The topological polar surface area (TPSA) is 83.7 Å². The number of aromatic nitrogens is 1. The smallest absolute Gasteiger partial charge is 0.228 e. The van der Waals surface area contributed by atoms with Crippen LogP contribution in [0.5, 0.6) is 11.5 Å². The number of methoxy groups -OCH3 is 2. The summed E-state index contributed by atoms with van der Waals surface area (Å²) >= 11 is 0. The molecule has 41 heavy (non-hydrogen) atoms. The molecule has 0 saturated heterocycles. The number of benzene rings is 4. The number of amides is 1. The van der Waals surface area contributed by atoms with Crippen LogP contribution in [0.25, 0.3) is 21.8 Å². The van der Waals surface area contributed by atoms with Gasteiger partial charge in [-0.05, 0) is 77.6 Å². The fourth-order valence-electron chi connectivity index (χ4n) is 5.70. The van der Waals surface area contributed by atoms with Gasteiger partial charge in [-0.1, -0.05) is 36.4 Å². The number of carbonyl (C=O) groups excluding carboxylic acids is 1. The molecular formula is C34H33N3O4. The van der Waals surface area contributed by atoms with E-state index >= 15 is 0 Å². The second kappa shape index (κ2) is 11.5. The number of ether oxygens (including phenoxy) is 2. The molecule has 0 saturated carbocycles. The van der Waals surface area contributed by atoms with Crippen molar-refractivity contribution >= 4 is 33.4 Å². The number of aromatic amines is 1. The van der Waals surface area contributed by atoms with Gasteiger partial charge in [0.1, 0.15) is 11.5 Å². The quantitative estimate of drug-likeness (QED) is 0.251. The third-order valence-electron chi connectivity index (χ3n) is 7.95. The number of para-hydroxylation sites is 2. The summed E-state index contributed by atoms with van der Waals surface area (Å²) in [6.07, 6.45) is 2.12. The molecule has 208 valence electrons. The molecule has 0 spiro atoms. The minimum atomic E-state index is -0.144. The zero-order valence-corrected chi connectivity index (χ0v) is 23.3. The van der Waals surface area contributed by atoms with Gasteiger partial charge in [0.25, 0.3) is 0 Å². The molecule has 1 aromatic heterocycles. The molecule has 1 aliphatic rings. The number of anilines is 1. The maximum absolute atomic E-state index is 13.2. The second-order valence-electron chi connectivity index (χ2n) is 10.5. The molecule has 0 radical (unpaired) electrons. The number of hydrogen-bond acceptors (Lipinski definition) is 5. The first-order valence-corrected chi connectivity index (χ1v) is 13.9. The van der Waals surface area contributed by atoms with Crippen molar-refractivity contribution in [1.82, 2.24) is 9.88 Å². The number of H-pyrrole nitrogens is 1. The molecule has 0 fully saturated rings. The van der Waals surface area contributed by atoms with E-state index in [9.17, 15) is 9.59 Å². The van der Waals surface area contributed by atoms with Crippen molar-refractivity contribution in [3.05, 3.63) is 111 Å². The maximum Gasteiger partial charge on any atom is 0.228 e. The van der Waals surface area contributed by atoms with Gasteiger partial charge in [0.05, 0.1) is 31.7 Å². The van der Waals surface area contributed by atoms with Crippen LogP contribution in [0.15, 0.2) is 83.7 Å².